The van der Waals surface area contributed by atoms with Crippen molar-refractivity contribution in [3.63, 3.8) is 0 Å². The summed E-state index contributed by atoms with van der Waals surface area (Å²) in [5.74, 6) is 1.19. The van der Waals surface area contributed by atoms with Gasteiger partial charge in [-0.1, -0.05) is 26.8 Å². The molecule has 3 nitrogen and oxygen atoms in total. The Morgan fingerprint density at radius 3 is 2.47 bits per heavy atom. The van der Waals surface area contributed by atoms with Gasteiger partial charge in [0.25, 0.3) is 0 Å². The van der Waals surface area contributed by atoms with Crippen LogP contribution in [0.3, 0.4) is 0 Å². The van der Waals surface area contributed by atoms with Crippen molar-refractivity contribution in [2.24, 2.45) is 0 Å². The number of nitrogens with zero attached hydrogens (tertiary/aromatic N) is 2. The zero-order chi connectivity index (χ0) is 13.1. The minimum atomic E-state index is 0.229. The number of hydrogen-bond donors (Lipinski definition) is 0. The van der Waals surface area contributed by atoms with Gasteiger partial charge in [0.2, 0.25) is 0 Å². The quantitative estimate of drug-likeness (QED) is 0.759. The monoisotopic (exact) mass is 236 g/mol. The number of carbonyl (C=O) groups is 1. The number of carbonyl (C=O) groups excluding carboxylic acids is 1. The van der Waals surface area contributed by atoms with Crippen LogP contribution in [0.25, 0.3) is 0 Å². The molecule has 1 rings (SSSR count). The Balaban J connectivity index is 0.00000121. The molecule has 96 valence electrons. The van der Waals surface area contributed by atoms with Crippen LogP contribution in [-0.4, -0.2) is 23.9 Å². The van der Waals surface area contributed by atoms with E-state index < -0.39 is 0 Å². The normalized spacial score (nSPS) is 9.18. The summed E-state index contributed by atoms with van der Waals surface area (Å²) in [4.78, 5) is 17.4. The Hall–Kier alpha value is -1.38. The Bertz CT molecular complexity index is 298. The minimum absolute atomic E-state index is 0.229. The first kappa shape index (κ1) is 15.6. The van der Waals surface area contributed by atoms with Crippen molar-refractivity contribution in [3.8, 4) is 0 Å². The Morgan fingerprint density at radius 2 is 2.00 bits per heavy atom. The molecule has 0 aliphatic carbocycles. The highest BCUT2D eigenvalue weighted by atomic mass is 16.1. The molecule has 0 aliphatic rings. The molecule has 0 N–H and O–H groups in total. The Labute approximate surface area is 105 Å². The SMILES string of the molecule is CC.CCCN(CCC(C)=O)c1ccccn1. The van der Waals surface area contributed by atoms with E-state index in [1.165, 1.54) is 0 Å². The Morgan fingerprint density at radius 1 is 1.29 bits per heavy atom. The summed E-state index contributed by atoms with van der Waals surface area (Å²) in [6.07, 6.45) is 3.44. The van der Waals surface area contributed by atoms with Crippen LogP contribution in [0.4, 0.5) is 5.82 Å². The first-order chi connectivity index (χ1) is 8.24. The molecule has 1 aromatic rings. The molecule has 0 aliphatic heterocycles. The van der Waals surface area contributed by atoms with Crippen molar-refractivity contribution in [1.82, 2.24) is 4.98 Å². The van der Waals surface area contributed by atoms with Crippen molar-refractivity contribution in [1.29, 1.82) is 0 Å². The average Bonchev–Trinajstić information content (AvgIpc) is 2.38. The summed E-state index contributed by atoms with van der Waals surface area (Å²) < 4.78 is 0. The van der Waals surface area contributed by atoms with Crippen LogP contribution >= 0.6 is 0 Å². The summed E-state index contributed by atoms with van der Waals surface area (Å²) in [5.41, 5.74) is 0. The zero-order valence-electron chi connectivity index (χ0n) is 11.4. The van der Waals surface area contributed by atoms with Gasteiger partial charge in [0.1, 0.15) is 11.6 Å². The minimum Gasteiger partial charge on any atom is -0.356 e. The molecule has 17 heavy (non-hydrogen) atoms. The summed E-state index contributed by atoms with van der Waals surface area (Å²) >= 11 is 0. The summed E-state index contributed by atoms with van der Waals surface area (Å²) in [6.45, 7) is 9.47. The van der Waals surface area contributed by atoms with Gasteiger partial charge >= 0.3 is 0 Å². The lowest BCUT2D eigenvalue weighted by molar-refractivity contribution is -0.116. The van der Waals surface area contributed by atoms with Crippen LogP contribution < -0.4 is 4.90 Å². The molecular formula is C14H24N2O. The maximum absolute atomic E-state index is 10.9. The molecule has 0 amide bonds. The maximum atomic E-state index is 10.9. The second-order valence-corrected chi connectivity index (χ2v) is 3.63. The molecule has 0 spiro atoms. The molecule has 3 heteroatoms. The highest BCUT2D eigenvalue weighted by molar-refractivity contribution is 5.76. The van der Waals surface area contributed by atoms with Gasteiger partial charge in [-0.3, -0.25) is 4.79 Å². The summed E-state index contributed by atoms with van der Waals surface area (Å²) in [7, 11) is 0. The van der Waals surface area contributed by atoms with E-state index in [-0.39, 0.29) is 5.78 Å². The summed E-state index contributed by atoms with van der Waals surface area (Å²) in [6, 6.07) is 5.85. The maximum Gasteiger partial charge on any atom is 0.131 e. The van der Waals surface area contributed by atoms with Gasteiger partial charge in [-0.05, 0) is 25.5 Å². The third-order valence-electron chi connectivity index (χ3n) is 2.20. The van der Waals surface area contributed by atoms with Gasteiger partial charge < -0.3 is 4.90 Å². The van der Waals surface area contributed by atoms with E-state index in [0.29, 0.717) is 6.42 Å². The van der Waals surface area contributed by atoms with E-state index in [1.807, 2.05) is 32.0 Å². The number of hydrogen-bond acceptors (Lipinski definition) is 3. The smallest absolute Gasteiger partial charge is 0.131 e. The largest absolute Gasteiger partial charge is 0.356 e. The van der Waals surface area contributed by atoms with E-state index in [0.717, 1.165) is 25.3 Å². The summed E-state index contributed by atoms with van der Waals surface area (Å²) in [5, 5.41) is 0. The highest BCUT2D eigenvalue weighted by Gasteiger charge is 2.06. The average molecular weight is 236 g/mol. The number of ketones is 1. The van der Waals surface area contributed by atoms with Gasteiger partial charge in [0.05, 0.1) is 0 Å². The fraction of sp³-hybridized carbons (Fsp3) is 0.571. The van der Waals surface area contributed by atoms with Crippen LogP contribution in [0.5, 0.6) is 0 Å². The molecular weight excluding hydrogens is 212 g/mol. The molecule has 1 heterocycles. The predicted octanol–water partition coefficient (Wildman–Crippen LogP) is 3.30. The van der Waals surface area contributed by atoms with Gasteiger partial charge in [0.15, 0.2) is 0 Å². The number of anilines is 1. The van der Waals surface area contributed by atoms with Crippen LogP contribution in [-0.2, 0) is 4.79 Å². The lowest BCUT2D eigenvalue weighted by atomic mass is 10.2. The lowest BCUT2D eigenvalue weighted by Gasteiger charge is -2.22. The standard InChI is InChI=1S/C12H18N2O.C2H6/c1-3-9-14(10-7-11(2)15)12-6-4-5-8-13-12;1-2/h4-6,8H,3,7,9-10H2,1-2H3;1-2H3. The van der Waals surface area contributed by atoms with Crippen LogP contribution in [0, 0.1) is 0 Å². The third-order valence-corrected chi connectivity index (χ3v) is 2.20. The molecule has 0 fully saturated rings. The molecule has 0 aromatic carbocycles. The van der Waals surface area contributed by atoms with Crippen LogP contribution in [0.1, 0.15) is 40.5 Å². The number of rotatable bonds is 6. The van der Waals surface area contributed by atoms with Gasteiger partial charge in [0, 0.05) is 25.7 Å². The molecule has 0 unspecified atom stereocenters. The predicted molar refractivity (Wildman–Crippen MR) is 73.4 cm³/mol. The number of pyridine rings is 1. The fourth-order valence-corrected chi connectivity index (χ4v) is 1.44. The van der Waals surface area contributed by atoms with E-state index >= 15 is 0 Å². The van der Waals surface area contributed by atoms with Crippen molar-refractivity contribution in [2.75, 3.05) is 18.0 Å². The number of aromatic nitrogens is 1. The number of Topliss-reactive ketones (excluding diaryl/α,β-unsaturated/α-hetero) is 1. The highest BCUT2D eigenvalue weighted by Crippen LogP contribution is 2.10. The second-order valence-electron chi connectivity index (χ2n) is 3.63. The van der Waals surface area contributed by atoms with Gasteiger partial charge in [-0.15, -0.1) is 0 Å². The topological polar surface area (TPSA) is 33.2 Å². The molecule has 1 aromatic heterocycles. The second kappa shape index (κ2) is 9.82. The zero-order valence-corrected chi connectivity index (χ0v) is 11.4. The van der Waals surface area contributed by atoms with E-state index in [4.69, 9.17) is 0 Å². The Kier molecular flexibility index (Phi) is 9.02. The van der Waals surface area contributed by atoms with E-state index in [1.54, 1.807) is 13.1 Å². The molecule has 0 saturated heterocycles. The lowest BCUT2D eigenvalue weighted by Crippen LogP contribution is -2.27. The van der Waals surface area contributed by atoms with Crippen molar-refractivity contribution in [2.45, 2.75) is 40.5 Å². The van der Waals surface area contributed by atoms with E-state index in [9.17, 15) is 4.79 Å². The first-order valence-corrected chi connectivity index (χ1v) is 6.39. The van der Waals surface area contributed by atoms with Crippen molar-refractivity contribution < 1.29 is 4.79 Å². The first-order valence-electron chi connectivity index (χ1n) is 6.39. The van der Waals surface area contributed by atoms with Crippen LogP contribution in [0.2, 0.25) is 0 Å². The van der Waals surface area contributed by atoms with Crippen molar-refractivity contribution in [3.05, 3.63) is 24.4 Å². The molecule has 0 atom stereocenters. The van der Waals surface area contributed by atoms with E-state index in [2.05, 4.69) is 16.8 Å². The molecule has 0 saturated carbocycles. The molecule has 0 bridgehead atoms. The van der Waals surface area contributed by atoms with Gasteiger partial charge in [-0.25, -0.2) is 4.98 Å². The third kappa shape index (κ3) is 6.72. The molecule has 0 radical (unpaired) electrons. The van der Waals surface area contributed by atoms with Gasteiger partial charge in [-0.2, -0.15) is 0 Å². The van der Waals surface area contributed by atoms with Crippen LogP contribution in [0.15, 0.2) is 24.4 Å². The van der Waals surface area contributed by atoms with Crippen molar-refractivity contribution >= 4 is 11.6 Å². The fourth-order valence-electron chi connectivity index (χ4n) is 1.44.